The molecule has 0 aromatic heterocycles. The number of carbonyl (C=O) groups is 1. The summed E-state index contributed by atoms with van der Waals surface area (Å²) in [5, 5.41) is 6.29. The second kappa shape index (κ2) is 7.73. The molecule has 1 aliphatic rings. The van der Waals surface area contributed by atoms with E-state index in [0.29, 0.717) is 5.56 Å². The Morgan fingerprint density at radius 2 is 1.70 bits per heavy atom. The quantitative estimate of drug-likeness (QED) is 0.865. The maximum Gasteiger partial charge on any atom is 0.255 e. The monoisotopic (exact) mass is 373 g/mol. The molecule has 5 heteroatoms. The second-order valence-electron chi connectivity index (χ2n) is 5.68. The summed E-state index contributed by atoms with van der Waals surface area (Å²) in [4.78, 5) is 14.6. The lowest BCUT2D eigenvalue weighted by molar-refractivity contribution is 0.102. The third kappa shape index (κ3) is 4.64. The lowest BCUT2D eigenvalue weighted by Crippen LogP contribution is -2.42. The van der Waals surface area contributed by atoms with Crippen LogP contribution in [0.25, 0.3) is 0 Å². The van der Waals surface area contributed by atoms with Crippen LogP contribution in [-0.2, 0) is 6.54 Å². The van der Waals surface area contributed by atoms with Crippen LogP contribution in [0.15, 0.2) is 53.0 Å². The van der Waals surface area contributed by atoms with Gasteiger partial charge < -0.3 is 10.6 Å². The number of amides is 1. The minimum absolute atomic E-state index is 0.0904. The zero-order valence-corrected chi connectivity index (χ0v) is 14.5. The Hall–Kier alpha value is -1.69. The van der Waals surface area contributed by atoms with Gasteiger partial charge in [-0.2, -0.15) is 0 Å². The molecule has 0 atom stereocenters. The van der Waals surface area contributed by atoms with E-state index in [1.807, 2.05) is 24.3 Å². The average Bonchev–Trinajstić information content (AvgIpc) is 2.58. The molecule has 2 aromatic carbocycles. The molecule has 1 heterocycles. The molecule has 1 aliphatic heterocycles. The van der Waals surface area contributed by atoms with E-state index in [2.05, 4.69) is 43.6 Å². The number of hydrogen-bond acceptors (Lipinski definition) is 3. The highest BCUT2D eigenvalue weighted by molar-refractivity contribution is 9.10. The number of nitrogens with one attached hydrogen (secondary N) is 2. The van der Waals surface area contributed by atoms with Crippen LogP contribution in [0.5, 0.6) is 0 Å². The van der Waals surface area contributed by atoms with E-state index in [9.17, 15) is 4.79 Å². The molecule has 3 rings (SSSR count). The number of piperazine rings is 1. The summed E-state index contributed by atoms with van der Waals surface area (Å²) in [6.07, 6.45) is 0. The Morgan fingerprint density at radius 1 is 1.04 bits per heavy atom. The lowest BCUT2D eigenvalue weighted by Gasteiger charge is -2.27. The van der Waals surface area contributed by atoms with E-state index in [1.165, 1.54) is 5.56 Å². The number of benzene rings is 2. The Bertz CT molecular complexity index is 649. The minimum Gasteiger partial charge on any atom is -0.322 e. The Labute approximate surface area is 145 Å². The average molecular weight is 374 g/mol. The summed E-state index contributed by atoms with van der Waals surface area (Å²) in [6.45, 7) is 5.25. The first-order chi connectivity index (χ1) is 11.2. The normalized spacial score (nSPS) is 15.3. The van der Waals surface area contributed by atoms with Gasteiger partial charge in [-0.1, -0.05) is 28.1 Å². The van der Waals surface area contributed by atoms with E-state index in [-0.39, 0.29) is 5.91 Å². The van der Waals surface area contributed by atoms with E-state index in [0.717, 1.165) is 42.9 Å². The van der Waals surface area contributed by atoms with Gasteiger partial charge in [-0.15, -0.1) is 0 Å². The third-order valence-electron chi connectivity index (χ3n) is 3.93. The van der Waals surface area contributed by atoms with Crippen molar-refractivity contribution in [3.8, 4) is 0 Å². The molecule has 0 radical (unpaired) electrons. The first-order valence-electron chi connectivity index (χ1n) is 7.80. The van der Waals surface area contributed by atoms with Crippen molar-refractivity contribution in [1.82, 2.24) is 10.2 Å². The van der Waals surface area contributed by atoms with Crippen molar-refractivity contribution in [2.24, 2.45) is 0 Å². The maximum atomic E-state index is 12.2. The summed E-state index contributed by atoms with van der Waals surface area (Å²) in [7, 11) is 0. The fraction of sp³-hybridized carbons (Fsp3) is 0.278. The minimum atomic E-state index is -0.0904. The molecular formula is C18H20BrN3O. The summed E-state index contributed by atoms with van der Waals surface area (Å²) in [5.74, 6) is -0.0904. The first-order valence-corrected chi connectivity index (χ1v) is 8.59. The third-order valence-corrected chi connectivity index (χ3v) is 4.46. The Morgan fingerprint density at radius 3 is 2.35 bits per heavy atom. The SMILES string of the molecule is O=C(Nc1ccc(CN2CCNCC2)cc1)c1ccc(Br)cc1. The van der Waals surface area contributed by atoms with Crippen molar-refractivity contribution in [2.45, 2.75) is 6.54 Å². The predicted octanol–water partition coefficient (Wildman–Crippen LogP) is 3.11. The van der Waals surface area contributed by atoms with E-state index in [1.54, 1.807) is 12.1 Å². The fourth-order valence-electron chi connectivity index (χ4n) is 2.63. The van der Waals surface area contributed by atoms with Crippen LogP contribution in [0.2, 0.25) is 0 Å². The molecule has 1 fully saturated rings. The van der Waals surface area contributed by atoms with Crippen molar-refractivity contribution >= 4 is 27.5 Å². The first kappa shape index (κ1) is 16.2. The van der Waals surface area contributed by atoms with Crippen molar-refractivity contribution in [2.75, 3.05) is 31.5 Å². The molecule has 23 heavy (non-hydrogen) atoms. The number of rotatable bonds is 4. The van der Waals surface area contributed by atoms with Gasteiger partial charge in [-0.05, 0) is 42.0 Å². The molecule has 0 spiro atoms. The standard InChI is InChI=1S/C18H20BrN3O/c19-16-5-3-15(4-6-16)18(23)21-17-7-1-14(2-8-17)13-22-11-9-20-10-12-22/h1-8,20H,9-13H2,(H,21,23). The van der Waals surface area contributed by atoms with Gasteiger partial charge in [0.25, 0.3) is 5.91 Å². The number of hydrogen-bond donors (Lipinski definition) is 2. The van der Waals surface area contributed by atoms with Crippen LogP contribution in [0.1, 0.15) is 15.9 Å². The number of nitrogens with zero attached hydrogens (tertiary/aromatic N) is 1. The highest BCUT2D eigenvalue weighted by Gasteiger charge is 2.10. The van der Waals surface area contributed by atoms with Gasteiger partial charge in [-0.3, -0.25) is 9.69 Å². The molecule has 2 N–H and O–H groups in total. The smallest absolute Gasteiger partial charge is 0.255 e. The van der Waals surface area contributed by atoms with Gasteiger partial charge in [0.1, 0.15) is 0 Å². The number of halogens is 1. The molecule has 0 saturated carbocycles. The van der Waals surface area contributed by atoms with Gasteiger partial charge in [-0.25, -0.2) is 0 Å². The molecule has 0 aliphatic carbocycles. The summed E-state index contributed by atoms with van der Waals surface area (Å²) < 4.78 is 0.964. The Kier molecular flexibility index (Phi) is 5.43. The van der Waals surface area contributed by atoms with Crippen LogP contribution < -0.4 is 10.6 Å². The molecule has 1 saturated heterocycles. The van der Waals surface area contributed by atoms with Crippen LogP contribution in [0.3, 0.4) is 0 Å². The van der Waals surface area contributed by atoms with Gasteiger partial charge in [0.2, 0.25) is 0 Å². The molecular weight excluding hydrogens is 354 g/mol. The highest BCUT2D eigenvalue weighted by Crippen LogP contribution is 2.15. The maximum absolute atomic E-state index is 12.2. The van der Waals surface area contributed by atoms with Crippen molar-refractivity contribution < 1.29 is 4.79 Å². The van der Waals surface area contributed by atoms with Gasteiger partial charge in [0.05, 0.1) is 0 Å². The summed E-state index contributed by atoms with van der Waals surface area (Å²) >= 11 is 3.37. The molecule has 0 bridgehead atoms. The van der Waals surface area contributed by atoms with Crippen LogP contribution in [-0.4, -0.2) is 37.0 Å². The Balaban J connectivity index is 1.58. The van der Waals surface area contributed by atoms with Gasteiger partial charge >= 0.3 is 0 Å². The summed E-state index contributed by atoms with van der Waals surface area (Å²) in [6, 6.07) is 15.4. The van der Waals surface area contributed by atoms with Crippen LogP contribution in [0.4, 0.5) is 5.69 Å². The molecule has 4 nitrogen and oxygen atoms in total. The fourth-order valence-corrected chi connectivity index (χ4v) is 2.89. The zero-order chi connectivity index (χ0) is 16.1. The van der Waals surface area contributed by atoms with E-state index >= 15 is 0 Å². The molecule has 2 aromatic rings. The molecule has 0 unspecified atom stereocenters. The number of carbonyl (C=O) groups excluding carboxylic acids is 1. The van der Waals surface area contributed by atoms with Crippen LogP contribution >= 0.6 is 15.9 Å². The van der Waals surface area contributed by atoms with Crippen molar-refractivity contribution in [3.05, 3.63) is 64.1 Å². The van der Waals surface area contributed by atoms with Crippen LogP contribution in [0, 0.1) is 0 Å². The van der Waals surface area contributed by atoms with Crippen molar-refractivity contribution in [3.63, 3.8) is 0 Å². The summed E-state index contributed by atoms with van der Waals surface area (Å²) in [5.41, 5.74) is 2.74. The molecule has 120 valence electrons. The van der Waals surface area contributed by atoms with Gasteiger partial charge in [0, 0.05) is 48.4 Å². The largest absolute Gasteiger partial charge is 0.322 e. The van der Waals surface area contributed by atoms with E-state index < -0.39 is 0 Å². The molecule has 1 amide bonds. The lowest BCUT2D eigenvalue weighted by atomic mass is 10.1. The van der Waals surface area contributed by atoms with Crippen molar-refractivity contribution in [1.29, 1.82) is 0 Å². The van der Waals surface area contributed by atoms with Gasteiger partial charge in [0.15, 0.2) is 0 Å². The highest BCUT2D eigenvalue weighted by atomic mass is 79.9. The second-order valence-corrected chi connectivity index (χ2v) is 6.60. The van der Waals surface area contributed by atoms with E-state index in [4.69, 9.17) is 0 Å². The topological polar surface area (TPSA) is 44.4 Å². The predicted molar refractivity (Wildman–Crippen MR) is 96.7 cm³/mol. The zero-order valence-electron chi connectivity index (χ0n) is 12.9. The number of anilines is 1.